The van der Waals surface area contributed by atoms with Crippen LogP contribution in [0.25, 0.3) is 0 Å². The predicted octanol–water partition coefficient (Wildman–Crippen LogP) is 3.04. The van der Waals surface area contributed by atoms with Gasteiger partial charge in [-0.15, -0.1) is 0 Å². The van der Waals surface area contributed by atoms with Crippen molar-refractivity contribution in [1.29, 1.82) is 0 Å². The molecule has 1 aliphatic rings. The number of hydrogen-bond donors (Lipinski definition) is 1. The summed E-state index contributed by atoms with van der Waals surface area (Å²) in [5, 5.41) is 2.76. The van der Waals surface area contributed by atoms with E-state index in [1.54, 1.807) is 0 Å². The average molecular weight is 391 g/mol. The standard InChI is InChI=1S/C17H24ClFN2O3S/c1-11(2)12(3)20-17(22)13-6-8-21(9-7-13)25(23,24)14-4-5-16(19)15(18)10-14/h4-5,10-13H,6-9H2,1-3H3,(H,20,22). The quantitative estimate of drug-likeness (QED) is 0.840. The van der Waals surface area contributed by atoms with E-state index in [9.17, 15) is 17.6 Å². The Morgan fingerprint density at radius 1 is 1.28 bits per heavy atom. The van der Waals surface area contributed by atoms with Crippen LogP contribution in [-0.4, -0.2) is 37.8 Å². The Morgan fingerprint density at radius 3 is 2.40 bits per heavy atom. The molecule has 1 aliphatic heterocycles. The Labute approximate surface area is 153 Å². The van der Waals surface area contributed by atoms with E-state index >= 15 is 0 Å². The molecule has 1 fully saturated rings. The number of nitrogens with zero attached hydrogens (tertiary/aromatic N) is 1. The van der Waals surface area contributed by atoms with E-state index in [0.717, 1.165) is 12.1 Å². The van der Waals surface area contributed by atoms with Gasteiger partial charge in [-0.25, -0.2) is 12.8 Å². The topological polar surface area (TPSA) is 66.5 Å². The lowest BCUT2D eigenvalue weighted by atomic mass is 9.96. The van der Waals surface area contributed by atoms with Gasteiger partial charge in [-0.05, 0) is 43.9 Å². The molecule has 1 saturated heterocycles. The molecule has 1 heterocycles. The van der Waals surface area contributed by atoms with Gasteiger partial charge in [0.05, 0.1) is 9.92 Å². The van der Waals surface area contributed by atoms with E-state index < -0.39 is 15.8 Å². The van der Waals surface area contributed by atoms with Crippen LogP contribution < -0.4 is 5.32 Å². The second-order valence-electron chi connectivity index (χ2n) is 6.80. The number of piperidine rings is 1. The summed E-state index contributed by atoms with van der Waals surface area (Å²) in [4.78, 5) is 12.3. The zero-order valence-electron chi connectivity index (χ0n) is 14.6. The molecule has 1 aromatic carbocycles. The minimum Gasteiger partial charge on any atom is -0.353 e. The van der Waals surface area contributed by atoms with E-state index in [0.29, 0.717) is 18.8 Å². The first-order valence-electron chi connectivity index (χ1n) is 8.38. The summed E-state index contributed by atoms with van der Waals surface area (Å²) in [6.45, 7) is 6.54. The fraction of sp³-hybridized carbons (Fsp3) is 0.588. The molecule has 0 saturated carbocycles. The molecule has 1 amide bonds. The number of carbonyl (C=O) groups is 1. The van der Waals surface area contributed by atoms with Gasteiger partial charge in [-0.1, -0.05) is 25.4 Å². The molecule has 1 aromatic rings. The van der Waals surface area contributed by atoms with Crippen molar-refractivity contribution in [2.24, 2.45) is 11.8 Å². The monoisotopic (exact) mass is 390 g/mol. The normalized spacial score (nSPS) is 18.3. The third kappa shape index (κ3) is 4.71. The molecule has 2 rings (SSSR count). The van der Waals surface area contributed by atoms with Gasteiger partial charge in [0.1, 0.15) is 5.82 Å². The molecule has 0 aromatic heterocycles. The SMILES string of the molecule is CC(C)C(C)NC(=O)C1CCN(S(=O)(=O)c2ccc(F)c(Cl)c2)CC1. The minimum atomic E-state index is -3.74. The molecule has 5 nitrogen and oxygen atoms in total. The second-order valence-corrected chi connectivity index (χ2v) is 9.14. The fourth-order valence-electron chi connectivity index (χ4n) is 2.65. The number of amides is 1. The number of benzene rings is 1. The number of halogens is 2. The van der Waals surface area contributed by atoms with Crippen molar-refractivity contribution in [3.05, 3.63) is 29.0 Å². The minimum absolute atomic E-state index is 0.0249. The molecule has 1 unspecified atom stereocenters. The van der Waals surface area contributed by atoms with E-state index in [-0.39, 0.29) is 40.9 Å². The Balaban J connectivity index is 2.01. The van der Waals surface area contributed by atoms with Crippen molar-refractivity contribution in [2.45, 2.75) is 44.6 Å². The van der Waals surface area contributed by atoms with Gasteiger partial charge in [0.15, 0.2) is 0 Å². The van der Waals surface area contributed by atoms with Crippen LogP contribution in [0.5, 0.6) is 0 Å². The zero-order valence-corrected chi connectivity index (χ0v) is 16.2. The third-order valence-corrected chi connectivity index (χ3v) is 6.91. The molecule has 8 heteroatoms. The molecule has 1 atom stereocenters. The lowest BCUT2D eigenvalue weighted by molar-refractivity contribution is -0.127. The first kappa shape index (κ1) is 20.1. The molecule has 0 spiro atoms. The average Bonchev–Trinajstić information content (AvgIpc) is 2.57. The van der Waals surface area contributed by atoms with Gasteiger partial charge in [-0.3, -0.25) is 4.79 Å². The van der Waals surface area contributed by atoms with Crippen LogP contribution in [0.4, 0.5) is 4.39 Å². The lowest BCUT2D eigenvalue weighted by Gasteiger charge is -2.31. The van der Waals surface area contributed by atoms with Gasteiger partial charge >= 0.3 is 0 Å². The molecular formula is C17H24ClFN2O3S. The van der Waals surface area contributed by atoms with Crippen molar-refractivity contribution in [3.63, 3.8) is 0 Å². The number of sulfonamides is 1. The van der Waals surface area contributed by atoms with Crippen LogP contribution >= 0.6 is 11.6 Å². The first-order valence-corrected chi connectivity index (χ1v) is 10.2. The van der Waals surface area contributed by atoms with Gasteiger partial charge in [-0.2, -0.15) is 4.31 Å². The maximum absolute atomic E-state index is 13.2. The predicted molar refractivity (Wildman–Crippen MR) is 95.3 cm³/mol. The maximum atomic E-state index is 13.2. The highest BCUT2D eigenvalue weighted by molar-refractivity contribution is 7.89. The van der Waals surface area contributed by atoms with Crippen molar-refractivity contribution in [1.82, 2.24) is 9.62 Å². The van der Waals surface area contributed by atoms with Crippen molar-refractivity contribution in [2.75, 3.05) is 13.1 Å². The highest BCUT2D eigenvalue weighted by atomic mass is 35.5. The summed E-state index contributed by atoms with van der Waals surface area (Å²) in [7, 11) is -3.74. The lowest BCUT2D eigenvalue weighted by Crippen LogP contribution is -2.45. The summed E-state index contributed by atoms with van der Waals surface area (Å²) in [6, 6.07) is 3.45. The zero-order chi connectivity index (χ0) is 18.8. The Hall–Kier alpha value is -1.18. The second kappa shape index (κ2) is 8.01. The molecule has 0 bridgehead atoms. The number of nitrogens with one attached hydrogen (secondary N) is 1. The van der Waals surface area contributed by atoms with Crippen LogP contribution in [0.2, 0.25) is 5.02 Å². The number of rotatable bonds is 5. The maximum Gasteiger partial charge on any atom is 0.243 e. The first-order chi connectivity index (χ1) is 11.6. The van der Waals surface area contributed by atoms with Crippen molar-refractivity contribution in [3.8, 4) is 0 Å². The molecule has 1 N–H and O–H groups in total. The number of carbonyl (C=O) groups excluding carboxylic acids is 1. The van der Waals surface area contributed by atoms with Gasteiger partial charge in [0.2, 0.25) is 15.9 Å². The molecule has 140 valence electrons. The van der Waals surface area contributed by atoms with E-state index in [2.05, 4.69) is 5.32 Å². The Morgan fingerprint density at radius 2 is 1.88 bits per heavy atom. The van der Waals surface area contributed by atoms with E-state index in [1.165, 1.54) is 10.4 Å². The number of hydrogen-bond acceptors (Lipinski definition) is 3. The van der Waals surface area contributed by atoms with Crippen LogP contribution in [-0.2, 0) is 14.8 Å². The summed E-state index contributed by atoms with van der Waals surface area (Å²) in [5.41, 5.74) is 0. The van der Waals surface area contributed by atoms with Gasteiger partial charge in [0.25, 0.3) is 0 Å². The molecule has 0 aliphatic carbocycles. The smallest absolute Gasteiger partial charge is 0.243 e. The van der Waals surface area contributed by atoms with Crippen molar-refractivity contribution >= 4 is 27.5 Å². The fourth-order valence-corrected chi connectivity index (χ4v) is 4.40. The largest absolute Gasteiger partial charge is 0.353 e. The molecular weight excluding hydrogens is 367 g/mol. The summed E-state index contributed by atoms with van der Waals surface area (Å²) in [5.74, 6) is -0.532. The summed E-state index contributed by atoms with van der Waals surface area (Å²) >= 11 is 5.69. The van der Waals surface area contributed by atoms with Gasteiger partial charge < -0.3 is 5.32 Å². The third-order valence-electron chi connectivity index (χ3n) is 4.72. The van der Waals surface area contributed by atoms with Crippen LogP contribution in [0.15, 0.2) is 23.1 Å². The van der Waals surface area contributed by atoms with Crippen molar-refractivity contribution < 1.29 is 17.6 Å². The Kier molecular flexibility index (Phi) is 6.45. The van der Waals surface area contributed by atoms with Crippen LogP contribution in [0.3, 0.4) is 0 Å². The van der Waals surface area contributed by atoms with Crippen LogP contribution in [0.1, 0.15) is 33.6 Å². The molecule has 0 radical (unpaired) electrons. The highest BCUT2D eigenvalue weighted by Gasteiger charge is 2.32. The summed E-state index contributed by atoms with van der Waals surface area (Å²) in [6.07, 6.45) is 0.926. The van der Waals surface area contributed by atoms with E-state index in [1.807, 2.05) is 20.8 Å². The molecule has 25 heavy (non-hydrogen) atoms. The highest BCUT2D eigenvalue weighted by Crippen LogP contribution is 2.26. The van der Waals surface area contributed by atoms with Crippen LogP contribution in [0, 0.1) is 17.7 Å². The Bertz CT molecular complexity index is 731. The van der Waals surface area contributed by atoms with E-state index in [4.69, 9.17) is 11.6 Å². The summed E-state index contributed by atoms with van der Waals surface area (Å²) < 4.78 is 39.8. The van der Waals surface area contributed by atoms with Gasteiger partial charge in [0, 0.05) is 25.0 Å².